The van der Waals surface area contributed by atoms with E-state index in [-0.39, 0.29) is 33.8 Å². The molecule has 0 saturated heterocycles. The highest BCUT2D eigenvalue weighted by Crippen LogP contribution is 2.55. The molecule has 0 N–H and O–H groups in total. The Hall–Kier alpha value is -7.24. The number of benzene rings is 8. The van der Waals surface area contributed by atoms with Gasteiger partial charge in [-0.15, -0.1) is 0 Å². The van der Waals surface area contributed by atoms with Gasteiger partial charge in [-0.25, -0.2) is 0 Å². The number of aryl methyl sites for hydroxylation is 1. The van der Waals surface area contributed by atoms with Crippen LogP contribution in [0.25, 0.3) is 27.6 Å². The Morgan fingerprint density at radius 1 is 0.481 bits per heavy atom. The number of hydrogen-bond donors (Lipinski definition) is 0. The van der Waals surface area contributed by atoms with Gasteiger partial charge in [0, 0.05) is 50.8 Å². The van der Waals surface area contributed by atoms with Crippen LogP contribution >= 0.6 is 0 Å². The van der Waals surface area contributed by atoms with Crippen molar-refractivity contribution in [3.8, 4) is 0 Å². The van der Waals surface area contributed by atoms with E-state index in [9.17, 15) is 0 Å². The van der Waals surface area contributed by atoms with Gasteiger partial charge in [0.05, 0.1) is 16.8 Å². The van der Waals surface area contributed by atoms with Crippen LogP contribution in [0.5, 0.6) is 0 Å². The number of furan rings is 1. The summed E-state index contributed by atoms with van der Waals surface area (Å²) < 4.78 is 7.40. The summed E-state index contributed by atoms with van der Waals surface area (Å²) in [5, 5.41) is 2.23. The van der Waals surface area contributed by atoms with Crippen molar-refractivity contribution in [1.82, 2.24) is 0 Å². The van der Waals surface area contributed by atoms with Crippen molar-refractivity contribution in [3.63, 3.8) is 0 Å². The summed E-state index contributed by atoms with van der Waals surface area (Å²) in [4.78, 5) is 7.71. The Labute approximate surface area is 459 Å². The van der Waals surface area contributed by atoms with Gasteiger partial charge in [0.25, 0.3) is 0 Å². The largest absolute Gasteiger partial charge is 0.454 e. The summed E-state index contributed by atoms with van der Waals surface area (Å²) in [6.45, 7) is 36.8. The molecule has 0 saturated carbocycles. The Bertz CT molecular complexity index is 3780. The maximum absolute atomic E-state index is 7.40. The normalized spacial score (nSPS) is 14.6. The fourth-order valence-corrected chi connectivity index (χ4v) is 12.5. The van der Waals surface area contributed by atoms with Gasteiger partial charge in [0.2, 0.25) is 6.71 Å². The van der Waals surface area contributed by atoms with Crippen LogP contribution in [0.2, 0.25) is 0 Å². The third-order valence-electron chi connectivity index (χ3n) is 16.9. The van der Waals surface area contributed by atoms with Gasteiger partial charge in [-0.1, -0.05) is 188 Å². The van der Waals surface area contributed by atoms with Crippen LogP contribution in [0.1, 0.15) is 148 Å². The van der Waals surface area contributed by atoms with E-state index in [4.69, 9.17) is 4.42 Å². The molecule has 0 fully saturated rings. The van der Waals surface area contributed by atoms with Crippen LogP contribution in [0.15, 0.2) is 168 Å². The second-order valence-electron chi connectivity index (χ2n) is 27.7. The average molecular weight is 1010 g/mol. The van der Waals surface area contributed by atoms with Crippen LogP contribution in [-0.4, -0.2) is 6.71 Å². The van der Waals surface area contributed by atoms with Crippen LogP contribution in [-0.2, 0) is 33.5 Å². The fraction of sp³-hybridized carbons (Fsp3) is 0.306. The Morgan fingerprint density at radius 2 is 0.935 bits per heavy atom. The molecule has 2 aliphatic heterocycles. The Kier molecular flexibility index (Phi) is 11.4. The quantitative estimate of drug-likeness (QED) is 0.160. The first kappa shape index (κ1) is 50.6. The summed E-state index contributed by atoms with van der Waals surface area (Å²) in [7, 11) is 0. The predicted octanol–water partition coefficient (Wildman–Crippen LogP) is 18.9. The summed E-state index contributed by atoms with van der Waals surface area (Å²) in [5.41, 5.74) is 26.7. The number of para-hydroxylation sites is 1. The molecule has 0 spiro atoms. The molecule has 77 heavy (non-hydrogen) atoms. The van der Waals surface area contributed by atoms with Gasteiger partial charge < -0.3 is 19.1 Å². The zero-order valence-corrected chi connectivity index (χ0v) is 48.5. The second kappa shape index (κ2) is 17.4. The van der Waals surface area contributed by atoms with Crippen molar-refractivity contribution >= 4 is 90.8 Å². The minimum Gasteiger partial charge on any atom is -0.454 e. The lowest BCUT2D eigenvalue weighted by molar-refractivity contribution is 0.589. The molecule has 0 radical (unpaired) electrons. The summed E-state index contributed by atoms with van der Waals surface area (Å²) >= 11 is 0. The van der Waals surface area contributed by atoms with E-state index in [2.05, 4.69) is 283 Å². The molecular formula is C72H76BN3O. The number of hydrogen-bond acceptors (Lipinski definition) is 4. The molecule has 12 rings (SSSR count). The molecule has 3 heterocycles. The summed E-state index contributed by atoms with van der Waals surface area (Å²) in [6, 6.07) is 60.9. The molecular weight excluding hydrogens is 934 g/mol. The van der Waals surface area contributed by atoms with Crippen molar-refractivity contribution in [3.05, 3.63) is 208 Å². The highest BCUT2D eigenvalue weighted by atomic mass is 16.3. The van der Waals surface area contributed by atoms with E-state index in [0.717, 1.165) is 51.1 Å². The molecule has 0 bridgehead atoms. The Balaban J connectivity index is 1.23. The van der Waals surface area contributed by atoms with Gasteiger partial charge in [-0.05, 0) is 169 Å². The van der Waals surface area contributed by atoms with Gasteiger partial charge in [0.15, 0.2) is 5.58 Å². The van der Waals surface area contributed by atoms with Gasteiger partial charge in [0.1, 0.15) is 5.58 Å². The van der Waals surface area contributed by atoms with Crippen molar-refractivity contribution < 1.29 is 4.42 Å². The maximum atomic E-state index is 7.40. The molecule has 8 aromatic carbocycles. The number of nitrogens with zero attached hydrogens (tertiary/aromatic N) is 3. The second-order valence-corrected chi connectivity index (χ2v) is 27.7. The number of rotatable bonds is 5. The Morgan fingerprint density at radius 3 is 1.44 bits per heavy atom. The van der Waals surface area contributed by atoms with Gasteiger partial charge in [-0.2, -0.15) is 0 Å². The van der Waals surface area contributed by atoms with E-state index < -0.39 is 0 Å². The highest BCUT2D eigenvalue weighted by molar-refractivity contribution is 6.96. The van der Waals surface area contributed by atoms with Crippen LogP contribution < -0.4 is 25.6 Å². The zero-order chi connectivity index (χ0) is 54.5. The average Bonchev–Trinajstić information content (AvgIpc) is 4.11. The van der Waals surface area contributed by atoms with Gasteiger partial charge in [-0.3, -0.25) is 0 Å². The smallest absolute Gasteiger partial charge is 0.248 e. The number of allylic oxidation sites excluding steroid dienone is 1. The van der Waals surface area contributed by atoms with Crippen molar-refractivity contribution in [2.24, 2.45) is 0 Å². The van der Waals surface area contributed by atoms with Gasteiger partial charge >= 0.3 is 0 Å². The highest BCUT2D eigenvalue weighted by Gasteiger charge is 2.49. The van der Waals surface area contributed by atoms with Crippen molar-refractivity contribution in [1.29, 1.82) is 0 Å². The van der Waals surface area contributed by atoms with Crippen LogP contribution in [0.4, 0.5) is 45.5 Å². The van der Waals surface area contributed by atoms with E-state index in [1.54, 1.807) is 0 Å². The first-order valence-electron chi connectivity index (χ1n) is 28.1. The molecule has 388 valence electrons. The predicted molar refractivity (Wildman–Crippen MR) is 332 cm³/mol. The van der Waals surface area contributed by atoms with Crippen LogP contribution in [0.3, 0.4) is 0 Å². The van der Waals surface area contributed by atoms with Crippen molar-refractivity contribution in [2.75, 3.05) is 14.7 Å². The molecule has 3 aliphatic rings. The minimum atomic E-state index is -0.0866. The monoisotopic (exact) mass is 1010 g/mol. The minimum absolute atomic E-state index is 0.00500. The SMILES string of the molecule is Cc1cc2c3c(c1)N(c1ccc(C(C)(C)C)cc1)c1c(cc(N(c4ccc(C(C)(C)C)cc4)c4ccc(C(C)(C)C)cc4)c4oc5ccccc5c14)B3C1=C(c3cc(C(C)(C)C)ccc3C1)N2c1ccc(C(C)(C)C)cc1. The maximum Gasteiger partial charge on any atom is 0.248 e. The molecule has 4 nitrogen and oxygen atoms in total. The lowest BCUT2D eigenvalue weighted by Gasteiger charge is -2.45. The number of anilines is 8. The summed E-state index contributed by atoms with van der Waals surface area (Å²) in [6.07, 6.45) is 0.842. The first-order chi connectivity index (χ1) is 36.3. The molecule has 1 aromatic heterocycles. The van der Waals surface area contributed by atoms with E-state index in [1.807, 2.05) is 0 Å². The topological polar surface area (TPSA) is 22.9 Å². The third kappa shape index (κ3) is 8.42. The third-order valence-corrected chi connectivity index (χ3v) is 16.9. The standard InChI is InChI=1S/C72H76BN3O/c1-44-39-59-64-60(40-44)76(54-37-29-49(30-38-54)71(11,12)13)66-58(73(64)57-41-45-21-22-50(72(14,15)16)42-56(45)65(57)75(59)53-35-27-48(28-36-53)70(8,9)10)43-61(67-63(66)55-19-17-18-20-62(55)77-67)74(51-31-23-46(24-32-51)68(2,3)4)52-33-25-47(26-34-52)69(5,6)7/h17-40,42-43H,41H2,1-16H3. The first-order valence-corrected chi connectivity index (χ1v) is 28.1. The molecule has 0 amide bonds. The van der Waals surface area contributed by atoms with Crippen LogP contribution in [0, 0.1) is 6.92 Å². The lowest BCUT2D eigenvalue weighted by atomic mass is 9.32. The summed E-state index contributed by atoms with van der Waals surface area (Å²) in [5.74, 6) is 0. The van der Waals surface area contributed by atoms with E-state index >= 15 is 0 Å². The molecule has 5 heteroatoms. The molecule has 0 atom stereocenters. The fourth-order valence-electron chi connectivity index (χ4n) is 12.5. The zero-order valence-electron chi connectivity index (χ0n) is 48.5. The molecule has 1 aliphatic carbocycles. The van der Waals surface area contributed by atoms with E-state index in [1.165, 1.54) is 89.4 Å². The molecule has 9 aromatic rings. The number of fused-ring (bicyclic) bond motifs is 9. The van der Waals surface area contributed by atoms with E-state index in [0.29, 0.717) is 0 Å². The molecule has 0 unspecified atom stereocenters. The van der Waals surface area contributed by atoms with Crippen molar-refractivity contribution in [2.45, 2.75) is 144 Å². The lowest BCUT2D eigenvalue weighted by Crippen LogP contribution is -2.55.